The van der Waals surface area contributed by atoms with Crippen LogP contribution in [0.15, 0.2) is 18.2 Å². The molecular weight excluding hydrogens is 277 g/mol. The average molecular weight is 290 g/mol. The van der Waals surface area contributed by atoms with Crippen LogP contribution in [0.3, 0.4) is 0 Å². The van der Waals surface area contributed by atoms with Gasteiger partial charge >= 0.3 is 5.97 Å². The molecule has 0 heterocycles. The summed E-state index contributed by atoms with van der Waals surface area (Å²) in [4.78, 5) is 23.3. The van der Waals surface area contributed by atoms with Gasteiger partial charge in [-0.2, -0.15) is 0 Å². The van der Waals surface area contributed by atoms with E-state index in [9.17, 15) is 9.59 Å². The zero-order chi connectivity index (χ0) is 13.7. The molecule has 0 aromatic heterocycles. The number of carbonyl (C=O) groups excluding carboxylic acids is 2. The highest BCUT2D eigenvalue weighted by atomic mass is 35.5. The Kier molecular flexibility index (Phi) is 5.44. The maximum absolute atomic E-state index is 11.8. The molecule has 0 fully saturated rings. The van der Waals surface area contributed by atoms with Crippen LogP contribution in [0.2, 0.25) is 10.0 Å². The zero-order valence-electron chi connectivity index (χ0n) is 10.00. The summed E-state index contributed by atoms with van der Waals surface area (Å²) in [7, 11) is 0. The van der Waals surface area contributed by atoms with Crippen LogP contribution in [0.5, 0.6) is 0 Å². The van der Waals surface area contributed by atoms with Crippen molar-refractivity contribution in [2.75, 3.05) is 6.54 Å². The van der Waals surface area contributed by atoms with Gasteiger partial charge in [0.25, 0.3) is 5.91 Å². The molecule has 0 radical (unpaired) electrons. The number of ether oxygens (including phenoxy) is 1. The Labute approximate surface area is 115 Å². The van der Waals surface area contributed by atoms with E-state index in [0.29, 0.717) is 6.54 Å². The normalized spacial score (nSPS) is 11.8. The van der Waals surface area contributed by atoms with Crippen molar-refractivity contribution in [3.8, 4) is 0 Å². The summed E-state index contributed by atoms with van der Waals surface area (Å²) in [5, 5.41) is 2.93. The van der Waals surface area contributed by atoms with E-state index in [1.54, 1.807) is 13.0 Å². The van der Waals surface area contributed by atoms with Gasteiger partial charge in [0.15, 0.2) is 6.10 Å². The molecule has 1 N–H and O–H groups in total. The van der Waals surface area contributed by atoms with Gasteiger partial charge in [0.1, 0.15) is 0 Å². The van der Waals surface area contributed by atoms with E-state index in [4.69, 9.17) is 27.9 Å². The van der Waals surface area contributed by atoms with Crippen molar-refractivity contribution in [2.45, 2.75) is 20.0 Å². The molecule has 0 aliphatic carbocycles. The van der Waals surface area contributed by atoms with Crippen LogP contribution in [0, 0.1) is 0 Å². The summed E-state index contributed by atoms with van der Waals surface area (Å²) >= 11 is 11.7. The maximum atomic E-state index is 11.8. The van der Waals surface area contributed by atoms with E-state index in [-0.39, 0.29) is 21.5 Å². The third-order valence-electron chi connectivity index (χ3n) is 2.17. The quantitative estimate of drug-likeness (QED) is 0.867. The minimum absolute atomic E-state index is 0.0666. The third kappa shape index (κ3) is 3.62. The Hall–Kier alpha value is -1.26. The molecular formula is C12H13Cl2NO3. The average Bonchev–Trinajstić information content (AvgIpc) is 2.28. The van der Waals surface area contributed by atoms with E-state index in [2.05, 4.69) is 5.32 Å². The molecule has 1 aromatic rings. The summed E-state index contributed by atoms with van der Waals surface area (Å²) in [5.74, 6) is -1.08. The van der Waals surface area contributed by atoms with Crippen LogP contribution < -0.4 is 5.32 Å². The Bertz CT molecular complexity index is 442. The lowest BCUT2D eigenvalue weighted by atomic mass is 10.2. The van der Waals surface area contributed by atoms with Crippen molar-refractivity contribution >= 4 is 35.1 Å². The number of hydrogen-bond donors (Lipinski definition) is 1. The molecule has 1 aromatic carbocycles. The van der Waals surface area contributed by atoms with Crippen molar-refractivity contribution in [3.63, 3.8) is 0 Å². The molecule has 1 amide bonds. The van der Waals surface area contributed by atoms with Crippen LogP contribution >= 0.6 is 23.2 Å². The fraction of sp³-hybridized carbons (Fsp3) is 0.333. The molecule has 0 aliphatic rings. The predicted octanol–water partition coefficient (Wildman–Crippen LogP) is 2.67. The Morgan fingerprint density at radius 2 is 1.89 bits per heavy atom. The lowest BCUT2D eigenvalue weighted by Gasteiger charge is -2.13. The molecule has 98 valence electrons. The van der Waals surface area contributed by atoms with Gasteiger partial charge in [0.2, 0.25) is 0 Å². The maximum Gasteiger partial charge on any atom is 0.341 e. The van der Waals surface area contributed by atoms with Gasteiger partial charge in [-0.15, -0.1) is 0 Å². The summed E-state index contributed by atoms with van der Waals surface area (Å²) in [6.45, 7) is 3.72. The van der Waals surface area contributed by atoms with Gasteiger partial charge < -0.3 is 10.1 Å². The Balaban J connectivity index is 2.80. The summed E-state index contributed by atoms with van der Waals surface area (Å²) in [6, 6.07) is 4.68. The van der Waals surface area contributed by atoms with Gasteiger partial charge in [0, 0.05) is 6.54 Å². The number of hydrogen-bond acceptors (Lipinski definition) is 3. The van der Waals surface area contributed by atoms with Gasteiger partial charge in [-0.25, -0.2) is 4.79 Å². The van der Waals surface area contributed by atoms with Crippen LogP contribution in [0.4, 0.5) is 0 Å². The summed E-state index contributed by atoms with van der Waals surface area (Å²) in [6.07, 6.45) is -0.898. The molecule has 0 saturated heterocycles. The molecule has 18 heavy (non-hydrogen) atoms. The molecule has 0 bridgehead atoms. The molecule has 0 unspecified atom stereocenters. The minimum Gasteiger partial charge on any atom is -0.449 e. The fourth-order valence-corrected chi connectivity index (χ4v) is 1.84. The highest BCUT2D eigenvalue weighted by molar-refractivity contribution is 6.39. The first-order chi connectivity index (χ1) is 8.47. The van der Waals surface area contributed by atoms with Crippen molar-refractivity contribution in [1.82, 2.24) is 5.32 Å². The molecule has 0 aliphatic heterocycles. The molecule has 4 nitrogen and oxygen atoms in total. The number of rotatable bonds is 4. The minimum atomic E-state index is -0.898. The monoisotopic (exact) mass is 289 g/mol. The number of likely N-dealkylation sites (N-methyl/N-ethyl adjacent to an activating group) is 1. The first-order valence-electron chi connectivity index (χ1n) is 5.40. The van der Waals surface area contributed by atoms with Gasteiger partial charge in [0.05, 0.1) is 15.6 Å². The van der Waals surface area contributed by atoms with Crippen LogP contribution in [0.1, 0.15) is 24.2 Å². The second kappa shape index (κ2) is 6.61. The fourth-order valence-electron chi connectivity index (χ4n) is 1.28. The van der Waals surface area contributed by atoms with Crippen LogP contribution in [-0.4, -0.2) is 24.5 Å². The second-order valence-electron chi connectivity index (χ2n) is 3.54. The molecule has 0 saturated carbocycles. The van der Waals surface area contributed by atoms with E-state index < -0.39 is 12.1 Å². The summed E-state index contributed by atoms with van der Waals surface area (Å²) < 4.78 is 4.99. The van der Waals surface area contributed by atoms with E-state index in [1.165, 1.54) is 19.1 Å². The van der Waals surface area contributed by atoms with Crippen molar-refractivity contribution < 1.29 is 14.3 Å². The standard InChI is InChI=1S/C12H13Cl2NO3/c1-3-15-11(16)7(2)18-12(17)10-8(13)5-4-6-9(10)14/h4-7H,3H2,1-2H3,(H,15,16)/t7-/m0/s1. The lowest BCUT2D eigenvalue weighted by molar-refractivity contribution is -0.128. The Morgan fingerprint density at radius 1 is 1.33 bits per heavy atom. The highest BCUT2D eigenvalue weighted by Crippen LogP contribution is 2.25. The zero-order valence-corrected chi connectivity index (χ0v) is 11.5. The summed E-state index contributed by atoms with van der Waals surface area (Å²) in [5.41, 5.74) is 0.0666. The van der Waals surface area contributed by atoms with Crippen molar-refractivity contribution in [2.24, 2.45) is 0 Å². The van der Waals surface area contributed by atoms with Crippen LogP contribution in [-0.2, 0) is 9.53 Å². The number of amides is 1. The first kappa shape index (κ1) is 14.8. The molecule has 1 rings (SSSR count). The molecule has 1 atom stereocenters. The first-order valence-corrected chi connectivity index (χ1v) is 6.15. The van der Waals surface area contributed by atoms with E-state index in [1.807, 2.05) is 0 Å². The highest BCUT2D eigenvalue weighted by Gasteiger charge is 2.21. The largest absolute Gasteiger partial charge is 0.449 e. The van der Waals surface area contributed by atoms with Crippen molar-refractivity contribution in [3.05, 3.63) is 33.8 Å². The van der Waals surface area contributed by atoms with Gasteiger partial charge in [-0.3, -0.25) is 4.79 Å². The smallest absolute Gasteiger partial charge is 0.341 e. The SMILES string of the molecule is CCNC(=O)[C@H](C)OC(=O)c1c(Cl)cccc1Cl. The van der Waals surface area contributed by atoms with E-state index in [0.717, 1.165) is 0 Å². The van der Waals surface area contributed by atoms with Crippen LogP contribution in [0.25, 0.3) is 0 Å². The number of nitrogens with one attached hydrogen (secondary N) is 1. The number of halogens is 2. The Morgan fingerprint density at radius 3 is 2.39 bits per heavy atom. The van der Waals surface area contributed by atoms with Crippen molar-refractivity contribution in [1.29, 1.82) is 0 Å². The predicted molar refractivity (Wildman–Crippen MR) is 70.0 cm³/mol. The second-order valence-corrected chi connectivity index (χ2v) is 4.35. The van der Waals surface area contributed by atoms with E-state index >= 15 is 0 Å². The topological polar surface area (TPSA) is 55.4 Å². The van der Waals surface area contributed by atoms with Gasteiger partial charge in [-0.05, 0) is 26.0 Å². The lowest BCUT2D eigenvalue weighted by Crippen LogP contribution is -2.35. The third-order valence-corrected chi connectivity index (χ3v) is 2.80. The molecule has 0 spiro atoms. The number of benzene rings is 1. The molecule has 6 heteroatoms. The number of esters is 1. The number of carbonyl (C=O) groups is 2. The van der Waals surface area contributed by atoms with Gasteiger partial charge in [-0.1, -0.05) is 29.3 Å².